The average molecular weight is 242 g/mol. The maximum atomic E-state index is 13.8. The molecule has 0 aromatic heterocycles. The summed E-state index contributed by atoms with van der Waals surface area (Å²) in [6, 6.07) is 4.05. The molecule has 16 heavy (non-hydrogen) atoms. The van der Waals surface area contributed by atoms with Gasteiger partial charge in [0.15, 0.2) is 0 Å². The van der Waals surface area contributed by atoms with Crippen LogP contribution >= 0.6 is 11.6 Å². The van der Waals surface area contributed by atoms with Crippen molar-refractivity contribution >= 4 is 11.6 Å². The van der Waals surface area contributed by atoms with Gasteiger partial charge in [0.2, 0.25) is 0 Å². The quantitative estimate of drug-likeness (QED) is 0.825. The van der Waals surface area contributed by atoms with Gasteiger partial charge < -0.3 is 5.32 Å². The third kappa shape index (κ3) is 2.23. The number of hydrogen-bond acceptors (Lipinski definition) is 1. The van der Waals surface area contributed by atoms with E-state index in [1.165, 1.54) is 6.42 Å². The van der Waals surface area contributed by atoms with Crippen molar-refractivity contribution in [2.75, 3.05) is 6.54 Å². The Morgan fingerprint density at radius 2 is 2.19 bits per heavy atom. The highest BCUT2D eigenvalue weighted by molar-refractivity contribution is 6.30. The van der Waals surface area contributed by atoms with Crippen LogP contribution in [0, 0.1) is 5.82 Å². The number of nitrogens with one attached hydrogen (secondary N) is 1. The Morgan fingerprint density at radius 1 is 1.44 bits per heavy atom. The molecule has 1 atom stereocenters. The fourth-order valence-electron chi connectivity index (χ4n) is 2.22. The Balaban J connectivity index is 2.39. The van der Waals surface area contributed by atoms with Crippen molar-refractivity contribution in [3.05, 3.63) is 34.1 Å². The van der Waals surface area contributed by atoms with Crippen LogP contribution in [0.5, 0.6) is 0 Å². The second-order valence-electron chi connectivity index (χ2n) is 4.71. The minimum Gasteiger partial charge on any atom is -0.310 e. The van der Waals surface area contributed by atoms with Gasteiger partial charge in [0.25, 0.3) is 0 Å². The number of rotatable bonds is 2. The van der Waals surface area contributed by atoms with Crippen molar-refractivity contribution < 1.29 is 4.39 Å². The summed E-state index contributed by atoms with van der Waals surface area (Å²) in [6.45, 7) is 5.01. The lowest BCUT2D eigenvalue weighted by molar-refractivity contribution is 0.590. The zero-order valence-corrected chi connectivity index (χ0v) is 10.4. The fraction of sp³-hybridized carbons (Fsp3) is 0.538. The Labute approximate surface area is 101 Å². The molecule has 1 heterocycles. The zero-order chi connectivity index (χ0) is 11.7. The normalized spacial score (nSPS) is 20.7. The van der Waals surface area contributed by atoms with E-state index in [9.17, 15) is 4.39 Å². The largest absolute Gasteiger partial charge is 0.310 e. The van der Waals surface area contributed by atoms with Gasteiger partial charge in [-0.15, -0.1) is 0 Å². The zero-order valence-electron chi connectivity index (χ0n) is 9.69. The van der Waals surface area contributed by atoms with Crippen LogP contribution in [0.4, 0.5) is 4.39 Å². The summed E-state index contributed by atoms with van der Waals surface area (Å²) in [5, 5.41) is 3.65. The fourth-order valence-corrected chi connectivity index (χ4v) is 2.46. The van der Waals surface area contributed by atoms with Crippen LogP contribution in [0.2, 0.25) is 5.02 Å². The van der Waals surface area contributed by atoms with E-state index in [0.29, 0.717) is 6.04 Å². The van der Waals surface area contributed by atoms with E-state index in [0.717, 1.165) is 24.1 Å². The summed E-state index contributed by atoms with van der Waals surface area (Å²) in [4.78, 5) is 0. The molecule has 1 aromatic rings. The number of hydrogen-bond donors (Lipinski definition) is 1. The molecular weight excluding hydrogens is 225 g/mol. The third-order valence-corrected chi connectivity index (χ3v) is 3.44. The van der Waals surface area contributed by atoms with Crippen LogP contribution in [-0.2, 0) is 0 Å². The standard InChI is InChI=1S/C13H17ClFN/c1-8(2)10-6-9(7-11(14)13(10)15)12-4-3-5-16-12/h6-8,12,16H,3-5H2,1-2H3. The van der Waals surface area contributed by atoms with Crippen molar-refractivity contribution in [2.45, 2.75) is 38.6 Å². The number of benzene rings is 1. The van der Waals surface area contributed by atoms with Crippen molar-refractivity contribution in [3.63, 3.8) is 0 Å². The molecule has 0 saturated carbocycles. The molecule has 88 valence electrons. The molecule has 0 amide bonds. The second-order valence-corrected chi connectivity index (χ2v) is 5.12. The molecule has 0 aliphatic carbocycles. The second kappa shape index (κ2) is 4.72. The molecule has 1 aromatic carbocycles. The van der Waals surface area contributed by atoms with Gasteiger partial charge in [-0.05, 0) is 42.5 Å². The monoisotopic (exact) mass is 241 g/mol. The topological polar surface area (TPSA) is 12.0 Å². The van der Waals surface area contributed by atoms with Gasteiger partial charge in [-0.1, -0.05) is 31.5 Å². The van der Waals surface area contributed by atoms with Crippen molar-refractivity contribution in [1.82, 2.24) is 5.32 Å². The van der Waals surface area contributed by atoms with Gasteiger partial charge in [0, 0.05) is 6.04 Å². The van der Waals surface area contributed by atoms with Crippen LogP contribution in [0.15, 0.2) is 12.1 Å². The molecule has 3 heteroatoms. The molecule has 0 bridgehead atoms. The van der Waals surface area contributed by atoms with Gasteiger partial charge in [-0.3, -0.25) is 0 Å². The van der Waals surface area contributed by atoms with Crippen LogP contribution < -0.4 is 5.32 Å². The maximum Gasteiger partial charge on any atom is 0.145 e. The van der Waals surface area contributed by atoms with Crippen molar-refractivity contribution in [3.8, 4) is 0 Å². The smallest absolute Gasteiger partial charge is 0.145 e. The summed E-state index contributed by atoms with van der Waals surface area (Å²) in [6.07, 6.45) is 2.29. The van der Waals surface area contributed by atoms with E-state index in [2.05, 4.69) is 5.32 Å². The highest BCUT2D eigenvalue weighted by atomic mass is 35.5. The first-order chi connectivity index (χ1) is 7.59. The minimum atomic E-state index is -0.265. The highest BCUT2D eigenvalue weighted by Gasteiger charge is 2.20. The molecule has 2 rings (SSSR count). The van der Waals surface area contributed by atoms with Gasteiger partial charge in [0.05, 0.1) is 5.02 Å². The number of halogens is 2. The van der Waals surface area contributed by atoms with Crippen LogP contribution in [0.3, 0.4) is 0 Å². The van der Waals surface area contributed by atoms with Gasteiger partial charge in [0.1, 0.15) is 5.82 Å². The molecule has 1 aliphatic rings. The predicted molar refractivity (Wildman–Crippen MR) is 65.5 cm³/mol. The first kappa shape index (κ1) is 11.9. The van der Waals surface area contributed by atoms with E-state index in [1.54, 1.807) is 6.07 Å². The molecule has 1 fully saturated rings. The minimum absolute atomic E-state index is 0.166. The summed E-state index contributed by atoms with van der Waals surface area (Å²) >= 11 is 5.94. The van der Waals surface area contributed by atoms with Crippen molar-refractivity contribution in [2.24, 2.45) is 0 Å². The molecule has 1 nitrogen and oxygen atoms in total. The molecule has 1 unspecified atom stereocenters. The first-order valence-electron chi connectivity index (χ1n) is 5.82. The summed E-state index contributed by atoms with van der Waals surface area (Å²) in [7, 11) is 0. The van der Waals surface area contributed by atoms with Crippen molar-refractivity contribution in [1.29, 1.82) is 0 Å². The van der Waals surface area contributed by atoms with Gasteiger partial charge in [-0.2, -0.15) is 0 Å². The lowest BCUT2D eigenvalue weighted by atomic mass is 9.96. The van der Waals surface area contributed by atoms with E-state index < -0.39 is 0 Å². The Kier molecular flexibility index (Phi) is 3.50. The van der Waals surface area contributed by atoms with E-state index in [-0.39, 0.29) is 16.8 Å². The molecule has 0 spiro atoms. The van der Waals surface area contributed by atoms with E-state index in [1.807, 2.05) is 19.9 Å². The maximum absolute atomic E-state index is 13.8. The first-order valence-corrected chi connectivity index (χ1v) is 6.19. The Morgan fingerprint density at radius 3 is 2.75 bits per heavy atom. The van der Waals surface area contributed by atoms with Gasteiger partial charge >= 0.3 is 0 Å². The average Bonchev–Trinajstić information content (AvgIpc) is 2.74. The SMILES string of the molecule is CC(C)c1cc(C2CCCN2)cc(Cl)c1F. The molecule has 1 saturated heterocycles. The summed E-state index contributed by atoms with van der Waals surface area (Å²) in [5.74, 6) is -0.0998. The van der Waals surface area contributed by atoms with E-state index in [4.69, 9.17) is 11.6 Å². The Hall–Kier alpha value is -0.600. The van der Waals surface area contributed by atoms with Crippen LogP contribution in [0.25, 0.3) is 0 Å². The predicted octanol–water partition coefficient (Wildman–Crippen LogP) is 4.03. The Bertz CT molecular complexity index is 384. The molecular formula is C13H17ClFN. The summed E-state index contributed by atoms with van der Waals surface area (Å²) < 4.78 is 13.8. The lowest BCUT2D eigenvalue weighted by Crippen LogP contribution is -2.13. The van der Waals surface area contributed by atoms with Crippen LogP contribution in [0.1, 0.15) is 49.8 Å². The third-order valence-electron chi connectivity index (χ3n) is 3.16. The molecule has 1 N–H and O–H groups in total. The van der Waals surface area contributed by atoms with Crippen LogP contribution in [-0.4, -0.2) is 6.54 Å². The van der Waals surface area contributed by atoms with Gasteiger partial charge in [-0.25, -0.2) is 4.39 Å². The molecule has 0 radical (unpaired) electrons. The van der Waals surface area contributed by atoms with E-state index >= 15 is 0 Å². The highest BCUT2D eigenvalue weighted by Crippen LogP contribution is 2.31. The molecule has 1 aliphatic heterocycles. The summed E-state index contributed by atoms with van der Waals surface area (Å²) in [5.41, 5.74) is 1.84. The lowest BCUT2D eigenvalue weighted by Gasteiger charge is -2.15.